The van der Waals surface area contributed by atoms with E-state index < -0.39 is 40.0 Å². The van der Waals surface area contributed by atoms with Crippen LogP contribution in [0, 0.1) is 6.07 Å². The summed E-state index contributed by atoms with van der Waals surface area (Å²) >= 11 is -1.64. The highest BCUT2D eigenvalue weighted by molar-refractivity contribution is 8.29. The third-order valence-corrected chi connectivity index (χ3v) is 3.16. The SMILES string of the molecule is FSC(Oc1c[c]ccc1)(SF)SF. The lowest BCUT2D eigenvalue weighted by Crippen LogP contribution is -2.20. The molecule has 0 aliphatic rings. The van der Waals surface area contributed by atoms with E-state index in [1.165, 1.54) is 12.1 Å². The molecule has 0 spiro atoms. The second kappa shape index (κ2) is 5.67. The molecule has 0 aliphatic carbocycles. The van der Waals surface area contributed by atoms with Crippen molar-refractivity contribution in [3.05, 3.63) is 30.3 Å². The second-order valence-corrected chi connectivity index (χ2v) is 5.04. The van der Waals surface area contributed by atoms with Gasteiger partial charge >= 0.3 is 3.60 Å². The van der Waals surface area contributed by atoms with Crippen LogP contribution in [0.1, 0.15) is 0 Å². The molecule has 0 fully saturated rings. The van der Waals surface area contributed by atoms with Gasteiger partial charge in [0, 0.05) is 0 Å². The van der Waals surface area contributed by atoms with Crippen molar-refractivity contribution in [3.63, 3.8) is 0 Å². The van der Waals surface area contributed by atoms with Crippen molar-refractivity contribution < 1.29 is 16.4 Å². The Labute approximate surface area is 92.7 Å². The van der Waals surface area contributed by atoms with E-state index in [1.807, 2.05) is 0 Å². The Morgan fingerprint density at radius 3 is 2.29 bits per heavy atom. The van der Waals surface area contributed by atoms with Crippen LogP contribution in [0.25, 0.3) is 0 Å². The number of hydrogen-bond donors (Lipinski definition) is 0. The molecule has 0 amide bonds. The van der Waals surface area contributed by atoms with Crippen molar-refractivity contribution in [2.45, 2.75) is 3.60 Å². The lowest BCUT2D eigenvalue weighted by atomic mass is 10.3. The third-order valence-electron chi connectivity index (χ3n) is 1.20. The minimum atomic E-state index is -2.24. The maximum atomic E-state index is 12.3. The van der Waals surface area contributed by atoms with Crippen LogP contribution in [-0.4, -0.2) is 3.60 Å². The number of ether oxygens (including phenoxy) is 1. The first-order valence-corrected chi connectivity index (χ1v) is 5.46. The molecular formula is C7H4F3OS3. The Balaban J connectivity index is 2.74. The van der Waals surface area contributed by atoms with Gasteiger partial charge in [0.15, 0.2) is 0 Å². The van der Waals surface area contributed by atoms with Crippen LogP contribution in [0.2, 0.25) is 0 Å². The molecule has 1 nitrogen and oxygen atoms in total. The first-order chi connectivity index (χ1) is 6.76. The summed E-state index contributed by atoms with van der Waals surface area (Å²) in [7, 11) is 0. The predicted octanol–water partition coefficient (Wildman–Crippen LogP) is 4.33. The van der Waals surface area contributed by atoms with Crippen LogP contribution >= 0.6 is 36.4 Å². The van der Waals surface area contributed by atoms with Gasteiger partial charge in [0.2, 0.25) is 0 Å². The topological polar surface area (TPSA) is 9.23 Å². The van der Waals surface area contributed by atoms with E-state index in [4.69, 9.17) is 4.74 Å². The molecule has 1 aromatic carbocycles. The predicted molar refractivity (Wildman–Crippen MR) is 54.7 cm³/mol. The maximum Gasteiger partial charge on any atom is 0.338 e. The highest BCUT2D eigenvalue weighted by atomic mass is 32.3. The first kappa shape index (κ1) is 11.9. The molecule has 0 aliphatic heterocycles. The van der Waals surface area contributed by atoms with Crippen molar-refractivity contribution in [1.29, 1.82) is 0 Å². The van der Waals surface area contributed by atoms with Gasteiger partial charge in [0.05, 0.1) is 0 Å². The van der Waals surface area contributed by atoms with E-state index in [2.05, 4.69) is 6.07 Å². The van der Waals surface area contributed by atoms with Gasteiger partial charge in [-0.1, -0.05) is 12.1 Å². The fourth-order valence-electron chi connectivity index (χ4n) is 0.668. The van der Waals surface area contributed by atoms with E-state index >= 15 is 0 Å². The molecule has 1 radical (unpaired) electrons. The summed E-state index contributed by atoms with van der Waals surface area (Å²) in [5.41, 5.74) is 0. The van der Waals surface area contributed by atoms with Gasteiger partial charge < -0.3 is 4.74 Å². The van der Waals surface area contributed by atoms with Crippen molar-refractivity contribution in [2.24, 2.45) is 0 Å². The van der Waals surface area contributed by atoms with Crippen LogP contribution in [0.4, 0.5) is 11.7 Å². The monoisotopic (exact) mass is 257 g/mol. The van der Waals surface area contributed by atoms with Crippen LogP contribution in [0.5, 0.6) is 5.75 Å². The molecular weight excluding hydrogens is 253 g/mol. The summed E-state index contributed by atoms with van der Waals surface area (Å²) in [6.07, 6.45) is 0. The Bertz CT molecular complexity index is 260. The van der Waals surface area contributed by atoms with Gasteiger partial charge in [-0.3, -0.25) is 0 Å². The van der Waals surface area contributed by atoms with Crippen molar-refractivity contribution in [3.8, 4) is 5.75 Å². The molecule has 0 heterocycles. The van der Waals surface area contributed by atoms with Gasteiger partial charge in [-0.25, -0.2) is 0 Å². The van der Waals surface area contributed by atoms with E-state index in [0.29, 0.717) is 0 Å². The van der Waals surface area contributed by atoms with E-state index in [9.17, 15) is 11.7 Å². The summed E-state index contributed by atoms with van der Waals surface area (Å²) in [5.74, 6) is 0.146. The number of hydrogen-bond acceptors (Lipinski definition) is 4. The molecule has 0 atom stereocenters. The Kier molecular flexibility index (Phi) is 4.83. The molecule has 0 unspecified atom stereocenters. The van der Waals surface area contributed by atoms with E-state index in [0.717, 1.165) is 0 Å². The molecule has 77 valence electrons. The van der Waals surface area contributed by atoms with Crippen molar-refractivity contribution >= 4 is 36.4 Å². The first-order valence-electron chi connectivity index (χ1n) is 3.30. The molecule has 0 saturated carbocycles. The Morgan fingerprint density at radius 1 is 1.21 bits per heavy atom. The van der Waals surface area contributed by atoms with Gasteiger partial charge in [-0.2, -0.15) is 11.7 Å². The highest BCUT2D eigenvalue weighted by Gasteiger charge is 2.39. The number of rotatable bonds is 5. The standard InChI is InChI=1S/C7H4F3OS3/c8-12-7(13-9,14-10)11-6-4-2-1-3-5-6/h1-2,4-5H. The van der Waals surface area contributed by atoms with Gasteiger partial charge in [0.1, 0.15) is 42.2 Å². The maximum absolute atomic E-state index is 12.3. The summed E-state index contributed by atoms with van der Waals surface area (Å²) in [4.78, 5) is 0. The zero-order valence-corrected chi connectivity index (χ0v) is 9.03. The average molecular weight is 257 g/mol. The van der Waals surface area contributed by atoms with Gasteiger partial charge in [0.25, 0.3) is 0 Å². The smallest absolute Gasteiger partial charge is 0.338 e. The highest BCUT2D eigenvalue weighted by Crippen LogP contribution is 2.49. The quantitative estimate of drug-likeness (QED) is 0.726. The Hall–Kier alpha value is -0.140. The molecule has 0 aromatic heterocycles. The largest absolute Gasteiger partial charge is 0.451 e. The third kappa shape index (κ3) is 2.93. The van der Waals surface area contributed by atoms with Crippen LogP contribution in [0.15, 0.2) is 24.3 Å². The normalized spacial score (nSPS) is 11.4. The average Bonchev–Trinajstić information content (AvgIpc) is 2.28. The minimum Gasteiger partial charge on any atom is -0.451 e. The van der Waals surface area contributed by atoms with Gasteiger partial charge in [-0.15, -0.1) is 0 Å². The fourth-order valence-corrected chi connectivity index (χ4v) is 1.34. The number of benzene rings is 1. The van der Waals surface area contributed by atoms with Crippen molar-refractivity contribution in [1.82, 2.24) is 0 Å². The van der Waals surface area contributed by atoms with E-state index in [1.54, 1.807) is 12.1 Å². The van der Waals surface area contributed by atoms with E-state index in [-0.39, 0.29) is 5.75 Å². The van der Waals surface area contributed by atoms with Crippen LogP contribution in [-0.2, 0) is 0 Å². The molecule has 0 saturated heterocycles. The summed E-state index contributed by atoms with van der Waals surface area (Å²) in [6, 6.07) is 8.60. The van der Waals surface area contributed by atoms with Crippen LogP contribution < -0.4 is 4.74 Å². The summed E-state index contributed by atoms with van der Waals surface area (Å²) in [6.45, 7) is 0. The molecule has 1 rings (SSSR count). The Morgan fingerprint density at radius 2 is 1.86 bits per heavy atom. The molecule has 14 heavy (non-hydrogen) atoms. The minimum absolute atomic E-state index is 0.146. The van der Waals surface area contributed by atoms with Crippen molar-refractivity contribution in [2.75, 3.05) is 0 Å². The lowest BCUT2D eigenvalue weighted by molar-refractivity contribution is 0.328. The second-order valence-electron chi connectivity index (χ2n) is 2.07. The summed E-state index contributed by atoms with van der Waals surface area (Å²) < 4.78 is 39.3. The summed E-state index contributed by atoms with van der Waals surface area (Å²) in [5, 5.41) is 0. The molecule has 0 N–H and O–H groups in total. The zero-order valence-electron chi connectivity index (χ0n) is 6.58. The molecule has 1 aromatic rings. The zero-order chi connectivity index (χ0) is 10.4. The number of halogens is 3. The molecule has 0 bridgehead atoms. The lowest BCUT2D eigenvalue weighted by Gasteiger charge is -2.20. The molecule has 7 heteroatoms. The fraction of sp³-hybridized carbons (Fsp3) is 0.143. The van der Waals surface area contributed by atoms with Crippen LogP contribution in [0.3, 0.4) is 0 Å². The van der Waals surface area contributed by atoms with Gasteiger partial charge in [-0.05, 0) is 18.2 Å².